The van der Waals surface area contributed by atoms with Crippen LogP contribution in [0.15, 0.2) is 18.2 Å². The summed E-state index contributed by atoms with van der Waals surface area (Å²) in [5.41, 5.74) is 6.57. The highest BCUT2D eigenvalue weighted by Gasteiger charge is 2.45. The summed E-state index contributed by atoms with van der Waals surface area (Å²) in [6.07, 6.45) is 2.76. The Morgan fingerprint density at radius 2 is 2.14 bits per heavy atom. The summed E-state index contributed by atoms with van der Waals surface area (Å²) in [4.78, 5) is 14.6. The Bertz CT molecular complexity index is 549. The molecular formula is C16H22Cl2N2O. The van der Waals surface area contributed by atoms with E-state index >= 15 is 0 Å². The van der Waals surface area contributed by atoms with Crippen LogP contribution in [0.4, 0.5) is 0 Å². The number of hydrogen-bond acceptors (Lipinski definition) is 2. The fourth-order valence-electron chi connectivity index (χ4n) is 3.09. The Kier molecular flexibility index (Phi) is 4.86. The van der Waals surface area contributed by atoms with Crippen molar-refractivity contribution < 1.29 is 4.79 Å². The lowest BCUT2D eigenvalue weighted by Crippen LogP contribution is -2.48. The van der Waals surface area contributed by atoms with Gasteiger partial charge in [0.2, 0.25) is 5.91 Å². The molecule has 0 radical (unpaired) electrons. The van der Waals surface area contributed by atoms with E-state index in [1.807, 2.05) is 27.0 Å². The molecule has 1 aliphatic rings. The fraction of sp³-hybridized carbons (Fsp3) is 0.562. The van der Waals surface area contributed by atoms with Crippen LogP contribution >= 0.6 is 23.2 Å². The van der Waals surface area contributed by atoms with Crippen LogP contribution in [-0.2, 0) is 4.79 Å². The predicted molar refractivity (Wildman–Crippen MR) is 87.6 cm³/mol. The lowest BCUT2D eigenvalue weighted by atomic mass is 9.83. The van der Waals surface area contributed by atoms with Crippen LogP contribution in [0.5, 0.6) is 0 Å². The second-order valence-electron chi connectivity index (χ2n) is 6.17. The van der Waals surface area contributed by atoms with Crippen molar-refractivity contribution in [2.75, 3.05) is 7.05 Å². The van der Waals surface area contributed by atoms with E-state index in [4.69, 9.17) is 28.9 Å². The number of amides is 1. The number of carbonyl (C=O) groups excluding carboxylic acids is 1. The van der Waals surface area contributed by atoms with Crippen LogP contribution in [-0.4, -0.2) is 23.9 Å². The number of nitrogens with zero attached hydrogens (tertiary/aromatic N) is 1. The number of nitrogens with two attached hydrogens (primary N) is 1. The van der Waals surface area contributed by atoms with Gasteiger partial charge in [0.15, 0.2) is 0 Å². The van der Waals surface area contributed by atoms with Gasteiger partial charge < -0.3 is 10.6 Å². The van der Waals surface area contributed by atoms with Crippen molar-refractivity contribution in [3.8, 4) is 0 Å². The molecule has 1 amide bonds. The van der Waals surface area contributed by atoms with Gasteiger partial charge in [-0.15, -0.1) is 0 Å². The van der Waals surface area contributed by atoms with Gasteiger partial charge >= 0.3 is 0 Å². The zero-order valence-corrected chi connectivity index (χ0v) is 14.2. The Balaban J connectivity index is 2.22. The number of halogens is 2. The summed E-state index contributed by atoms with van der Waals surface area (Å²) in [5.74, 6) is 0.0889. The molecule has 0 aromatic heterocycles. The van der Waals surface area contributed by atoms with E-state index in [1.165, 1.54) is 0 Å². The SMILES string of the molecule is CC(c1ccc(Cl)cc1Cl)N(C)C(=O)C1(C)CCCC1N. The third-order valence-corrected chi connectivity index (χ3v) is 5.39. The predicted octanol–water partition coefficient (Wildman–Crippen LogP) is 4.03. The molecule has 1 saturated carbocycles. The van der Waals surface area contributed by atoms with Gasteiger partial charge in [-0.3, -0.25) is 4.79 Å². The number of carbonyl (C=O) groups is 1. The van der Waals surface area contributed by atoms with Crippen LogP contribution in [0.2, 0.25) is 10.0 Å². The third kappa shape index (κ3) is 3.05. The first kappa shape index (κ1) is 16.6. The molecule has 0 bridgehead atoms. The maximum Gasteiger partial charge on any atom is 0.230 e. The van der Waals surface area contributed by atoms with Crippen LogP contribution in [0.25, 0.3) is 0 Å². The maximum absolute atomic E-state index is 12.8. The molecule has 1 fully saturated rings. The molecule has 2 N–H and O–H groups in total. The average molecular weight is 329 g/mol. The standard InChI is InChI=1S/C16H22Cl2N2O/c1-10(12-7-6-11(17)9-13(12)18)20(3)15(21)16(2)8-4-5-14(16)19/h6-7,9-10,14H,4-5,8,19H2,1-3H3. The normalized spacial score (nSPS) is 26.7. The van der Waals surface area contributed by atoms with Crippen LogP contribution < -0.4 is 5.73 Å². The summed E-state index contributed by atoms with van der Waals surface area (Å²) in [6, 6.07) is 5.18. The number of rotatable bonds is 3. The minimum Gasteiger partial charge on any atom is -0.338 e. The molecule has 0 heterocycles. The lowest BCUT2D eigenvalue weighted by molar-refractivity contribution is -0.142. The molecule has 1 aliphatic carbocycles. The highest BCUT2D eigenvalue weighted by atomic mass is 35.5. The molecule has 21 heavy (non-hydrogen) atoms. The minimum atomic E-state index is -0.470. The van der Waals surface area contributed by atoms with E-state index in [9.17, 15) is 4.79 Å². The smallest absolute Gasteiger partial charge is 0.230 e. The number of hydrogen-bond donors (Lipinski definition) is 1. The summed E-state index contributed by atoms with van der Waals surface area (Å²) >= 11 is 12.2. The quantitative estimate of drug-likeness (QED) is 0.910. The Morgan fingerprint density at radius 1 is 1.48 bits per heavy atom. The minimum absolute atomic E-state index is 0.0691. The van der Waals surface area contributed by atoms with Gasteiger partial charge in [-0.1, -0.05) is 35.7 Å². The first-order valence-corrected chi connectivity index (χ1v) is 8.00. The van der Waals surface area contributed by atoms with Gasteiger partial charge in [-0.25, -0.2) is 0 Å². The van der Waals surface area contributed by atoms with Gasteiger partial charge in [0.25, 0.3) is 0 Å². The molecule has 0 aliphatic heterocycles. The Labute approximate surface area is 136 Å². The highest BCUT2D eigenvalue weighted by molar-refractivity contribution is 6.35. The van der Waals surface area contributed by atoms with Gasteiger partial charge in [0.1, 0.15) is 0 Å². The lowest BCUT2D eigenvalue weighted by Gasteiger charge is -2.36. The topological polar surface area (TPSA) is 46.3 Å². The summed E-state index contributed by atoms with van der Waals surface area (Å²) in [6.45, 7) is 3.94. The van der Waals surface area contributed by atoms with Crippen molar-refractivity contribution in [2.45, 2.75) is 45.2 Å². The van der Waals surface area contributed by atoms with E-state index in [1.54, 1.807) is 17.0 Å². The Morgan fingerprint density at radius 3 is 2.67 bits per heavy atom. The molecule has 3 atom stereocenters. The zero-order chi connectivity index (χ0) is 15.8. The van der Waals surface area contributed by atoms with E-state index < -0.39 is 5.41 Å². The molecular weight excluding hydrogens is 307 g/mol. The second kappa shape index (κ2) is 6.15. The molecule has 0 spiro atoms. The largest absolute Gasteiger partial charge is 0.338 e. The molecule has 0 saturated heterocycles. The first-order chi connectivity index (χ1) is 9.77. The van der Waals surface area contributed by atoms with Gasteiger partial charge in [-0.2, -0.15) is 0 Å². The van der Waals surface area contributed by atoms with Crippen molar-refractivity contribution >= 4 is 29.1 Å². The zero-order valence-electron chi connectivity index (χ0n) is 12.7. The molecule has 5 heteroatoms. The molecule has 2 rings (SSSR count). The Hall–Kier alpha value is -0.770. The number of benzene rings is 1. The average Bonchev–Trinajstić information content (AvgIpc) is 2.77. The van der Waals surface area contributed by atoms with E-state index in [0.717, 1.165) is 24.8 Å². The second-order valence-corrected chi connectivity index (χ2v) is 7.02. The molecule has 1 aromatic carbocycles. The summed E-state index contributed by atoms with van der Waals surface area (Å²) < 4.78 is 0. The van der Waals surface area contributed by atoms with E-state index in [0.29, 0.717) is 10.0 Å². The molecule has 3 unspecified atom stereocenters. The molecule has 116 valence electrons. The summed E-state index contributed by atoms with van der Waals surface area (Å²) in [5, 5.41) is 1.17. The van der Waals surface area contributed by atoms with Gasteiger partial charge in [0.05, 0.1) is 11.5 Å². The van der Waals surface area contributed by atoms with Crippen LogP contribution in [0, 0.1) is 5.41 Å². The summed E-state index contributed by atoms with van der Waals surface area (Å²) in [7, 11) is 1.81. The third-order valence-electron chi connectivity index (χ3n) is 4.83. The van der Waals surface area contributed by atoms with E-state index in [-0.39, 0.29) is 18.0 Å². The maximum atomic E-state index is 12.8. The molecule has 3 nitrogen and oxygen atoms in total. The van der Waals surface area contributed by atoms with Crippen molar-refractivity contribution in [3.05, 3.63) is 33.8 Å². The fourth-order valence-corrected chi connectivity index (χ4v) is 3.65. The van der Waals surface area contributed by atoms with Crippen molar-refractivity contribution in [3.63, 3.8) is 0 Å². The molecule has 1 aromatic rings. The highest BCUT2D eigenvalue weighted by Crippen LogP contribution is 2.40. The van der Waals surface area contributed by atoms with Gasteiger partial charge in [-0.05, 0) is 44.4 Å². The first-order valence-electron chi connectivity index (χ1n) is 7.25. The van der Waals surface area contributed by atoms with Crippen LogP contribution in [0.3, 0.4) is 0 Å². The van der Waals surface area contributed by atoms with Crippen molar-refractivity contribution in [1.82, 2.24) is 4.90 Å². The van der Waals surface area contributed by atoms with Crippen LogP contribution in [0.1, 0.15) is 44.7 Å². The van der Waals surface area contributed by atoms with Gasteiger partial charge in [0, 0.05) is 23.1 Å². The van der Waals surface area contributed by atoms with Crippen molar-refractivity contribution in [1.29, 1.82) is 0 Å². The van der Waals surface area contributed by atoms with Crippen molar-refractivity contribution in [2.24, 2.45) is 11.1 Å². The van der Waals surface area contributed by atoms with E-state index in [2.05, 4.69) is 0 Å². The monoisotopic (exact) mass is 328 g/mol.